The van der Waals surface area contributed by atoms with Crippen molar-refractivity contribution >= 4 is 6.09 Å². The van der Waals surface area contributed by atoms with E-state index < -0.39 is 5.60 Å². The molecule has 1 amide bonds. The zero-order chi connectivity index (χ0) is 13.3. The minimum Gasteiger partial charge on any atom is -0.444 e. The fraction of sp³-hybridized carbons (Fsp3) is 0.615. The van der Waals surface area contributed by atoms with Crippen LogP contribution in [0.5, 0.6) is 0 Å². The summed E-state index contributed by atoms with van der Waals surface area (Å²) in [5.74, 6) is 0.306. The van der Waals surface area contributed by atoms with Gasteiger partial charge in [-0.05, 0) is 33.3 Å². The number of nitrogens with zero attached hydrogens (tertiary/aromatic N) is 3. The highest BCUT2D eigenvalue weighted by Crippen LogP contribution is 2.28. The van der Waals surface area contributed by atoms with Crippen molar-refractivity contribution in [2.75, 3.05) is 13.1 Å². The van der Waals surface area contributed by atoms with Gasteiger partial charge in [0.25, 0.3) is 0 Å². The van der Waals surface area contributed by atoms with Crippen molar-refractivity contribution in [2.24, 2.45) is 0 Å². The van der Waals surface area contributed by atoms with Crippen LogP contribution in [0, 0.1) is 6.92 Å². The molecule has 5 heteroatoms. The summed E-state index contributed by atoms with van der Waals surface area (Å²) in [6, 6.07) is 0. The first-order valence-corrected chi connectivity index (χ1v) is 6.11. The van der Waals surface area contributed by atoms with Gasteiger partial charge in [-0.3, -0.25) is 0 Å². The highest BCUT2D eigenvalue weighted by atomic mass is 16.6. The van der Waals surface area contributed by atoms with Gasteiger partial charge in [-0.1, -0.05) is 0 Å². The van der Waals surface area contributed by atoms with Crippen LogP contribution in [-0.4, -0.2) is 39.7 Å². The second-order valence-electron chi connectivity index (χ2n) is 5.67. The molecule has 0 N–H and O–H groups in total. The number of ether oxygens (including phenoxy) is 1. The summed E-state index contributed by atoms with van der Waals surface area (Å²) in [5.41, 5.74) is 1.67. The molecule has 1 aromatic heterocycles. The van der Waals surface area contributed by atoms with E-state index in [0.29, 0.717) is 19.0 Å². The SMILES string of the molecule is Cc1cncnc1C1CN(C(=O)OC(C)(C)C)C1. The van der Waals surface area contributed by atoms with Gasteiger partial charge in [0.15, 0.2) is 0 Å². The highest BCUT2D eigenvalue weighted by Gasteiger charge is 2.35. The van der Waals surface area contributed by atoms with Crippen LogP contribution < -0.4 is 0 Å². The molecule has 2 heterocycles. The van der Waals surface area contributed by atoms with Gasteiger partial charge in [0.05, 0.1) is 5.69 Å². The van der Waals surface area contributed by atoms with Crippen molar-refractivity contribution in [2.45, 2.75) is 39.2 Å². The summed E-state index contributed by atoms with van der Waals surface area (Å²) in [6.07, 6.45) is 3.11. The zero-order valence-electron chi connectivity index (χ0n) is 11.3. The second-order valence-corrected chi connectivity index (χ2v) is 5.67. The van der Waals surface area contributed by atoms with Crippen molar-refractivity contribution in [3.8, 4) is 0 Å². The molecule has 1 aliphatic heterocycles. The van der Waals surface area contributed by atoms with E-state index in [1.807, 2.05) is 27.7 Å². The molecule has 0 aromatic carbocycles. The van der Waals surface area contributed by atoms with Gasteiger partial charge in [0.2, 0.25) is 0 Å². The third kappa shape index (κ3) is 2.78. The zero-order valence-corrected chi connectivity index (χ0v) is 11.3. The lowest BCUT2D eigenvalue weighted by Crippen LogP contribution is -2.50. The van der Waals surface area contributed by atoms with Crippen LogP contribution in [0.1, 0.15) is 37.9 Å². The fourth-order valence-corrected chi connectivity index (χ4v) is 1.96. The average molecular weight is 249 g/mol. The third-order valence-electron chi connectivity index (χ3n) is 2.86. The summed E-state index contributed by atoms with van der Waals surface area (Å²) in [7, 11) is 0. The molecule has 1 aliphatic rings. The summed E-state index contributed by atoms with van der Waals surface area (Å²) < 4.78 is 5.31. The van der Waals surface area contributed by atoms with Gasteiger partial charge in [0, 0.05) is 25.2 Å². The molecule has 0 atom stereocenters. The molecular formula is C13H19N3O2. The van der Waals surface area contributed by atoms with Crippen LogP contribution in [0.15, 0.2) is 12.5 Å². The molecule has 2 rings (SSSR count). The quantitative estimate of drug-likeness (QED) is 0.765. The first-order valence-electron chi connectivity index (χ1n) is 6.11. The van der Waals surface area contributed by atoms with Crippen molar-refractivity contribution < 1.29 is 9.53 Å². The molecule has 18 heavy (non-hydrogen) atoms. The van der Waals surface area contributed by atoms with Gasteiger partial charge in [-0.25, -0.2) is 14.8 Å². The predicted octanol–water partition coefficient (Wildman–Crippen LogP) is 2.12. The number of hydrogen-bond donors (Lipinski definition) is 0. The van der Waals surface area contributed by atoms with E-state index >= 15 is 0 Å². The van der Waals surface area contributed by atoms with Gasteiger partial charge in [-0.15, -0.1) is 0 Å². The standard InChI is InChI=1S/C13H19N3O2/c1-9-5-14-8-15-11(9)10-6-16(7-10)12(17)18-13(2,3)4/h5,8,10H,6-7H2,1-4H3. The van der Waals surface area contributed by atoms with E-state index in [-0.39, 0.29) is 6.09 Å². The average Bonchev–Trinajstić information content (AvgIpc) is 2.15. The van der Waals surface area contributed by atoms with Gasteiger partial charge >= 0.3 is 6.09 Å². The Morgan fingerprint density at radius 1 is 1.44 bits per heavy atom. The van der Waals surface area contributed by atoms with Crippen molar-refractivity contribution in [3.63, 3.8) is 0 Å². The van der Waals surface area contributed by atoms with E-state index in [0.717, 1.165) is 11.3 Å². The number of hydrogen-bond acceptors (Lipinski definition) is 4. The van der Waals surface area contributed by atoms with Crippen LogP contribution in [0.3, 0.4) is 0 Å². The lowest BCUT2D eigenvalue weighted by atomic mass is 9.94. The topological polar surface area (TPSA) is 55.3 Å². The molecule has 0 radical (unpaired) electrons. The van der Waals surface area contributed by atoms with E-state index in [1.54, 1.807) is 17.4 Å². The molecule has 0 unspecified atom stereocenters. The van der Waals surface area contributed by atoms with Crippen molar-refractivity contribution in [3.05, 3.63) is 23.8 Å². The highest BCUT2D eigenvalue weighted by molar-refractivity contribution is 5.69. The summed E-state index contributed by atoms with van der Waals surface area (Å²) >= 11 is 0. The van der Waals surface area contributed by atoms with Gasteiger partial charge in [0.1, 0.15) is 11.9 Å². The molecule has 0 spiro atoms. The normalized spacial score (nSPS) is 16.3. The largest absolute Gasteiger partial charge is 0.444 e. The Bertz CT molecular complexity index is 448. The summed E-state index contributed by atoms with van der Waals surface area (Å²) in [5, 5.41) is 0. The van der Waals surface area contributed by atoms with Crippen LogP contribution >= 0.6 is 0 Å². The number of aryl methyl sites for hydroxylation is 1. The van der Waals surface area contributed by atoms with Gasteiger partial charge in [-0.2, -0.15) is 0 Å². The number of aromatic nitrogens is 2. The van der Waals surface area contributed by atoms with Crippen molar-refractivity contribution in [1.29, 1.82) is 0 Å². The lowest BCUT2D eigenvalue weighted by Gasteiger charge is -2.39. The molecule has 5 nitrogen and oxygen atoms in total. The van der Waals surface area contributed by atoms with E-state index in [2.05, 4.69) is 9.97 Å². The molecule has 98 valence electrons. The Morgan fingerprint density at radius 3 is 2.67 bits per heavy atom. The monoisotopic (exact) mass is 249 g/mol. The first-order chi connectivity index (χ1) is 8.37. The lowest BCUT2D eigenvalue weighted by molar-refractivity contribution is 0.00780. The Hall–Kier alpha value is -1.65. The number of amides is 1. The maximum atomic E-state index is 11.8. The Balaban J connectivity index is 1.91. The number of carbonyl (C=O) groups excluding carboxylic acids is 1. The number of carbonyl (C=O) groups is 1. The van der Waals surface area contributed by atoms with E-state index in [1.165, 1.54) is 0 Å². The Labute approximate surface area is 107 Å². The Morgan fingerprint density at radius 2 is 2.11 bits per heavy atom. The van der Waals surface area contributed by atoms with Crippen LogP contribution in [0.2, 0.25) is 0 Å². The molecule has 1 aromatic rings. The molecule has 1 fully saturated rings. The smallest absolute Gasteiger partial charge is 0.410 e. The molecule has 1 saturated heterocycles. The maximum absolute atomic E-state index is 11.8. The maximum Gasteiger partial charge on any atom is 0.410 e. The Kier molecular flexibility index (Phi) is 3.24. The molecule has 0 bridgehead atoms. The predicted molar refractivity (Wildman–Crippen MR) is 67.3 cm³/mol. The summed E-state index contributed by atoms with van der Waals surface area (Å²) in [4.78, 5) is 21.7. The van der Waals surface area contributed by atoms with Crippen LogP contribution in [0.25, 0.3) is 0 Å². The minimum absolute atomic E-state index is 0.245. The molecule has 0 saturated carbocycles. The van der Waals surface area contributed by atoms with E-state index in [4.69, 9.17) is 4.74 Å². The first kappa shape index (κ1) is 12.8. The fourth-order valence-electron chi connectivity index (χ4n) is 1.96. The second kappa shape index (κ2) is 4.55. The number of rotatable bonds is 1. The van der Waals surface area contributed by atoms with Crippen LogP contribution in [0.4, 0.5) is 4.79 Å². The number of likely N-dealkylation sites (tertiary alicyclic amines) is 1. The minimum atomic E-state index is -0.437. The van der Waals surface area contributed by atoms with Gasteiger partial charge < -0.3 is 9.64 Å². The van der Waals surface area contributed by atoms with Crippen LogP contribution in [-0.2, 0) is 4.74 Å². The molecule has 0 aliphatic carbocycles. The van der Waals surface area contributed by atoms with Crippen molar-refractivity contribution in [1.82, 2.24) is 14.9 Å². The third-order valence-corrected chi connectivity index (χ3v) is 2.86. The summed E-state index contributed by atoms with van der Waals surface area (Å²) in [6.45, 7) is 8.95. The van der Waals surface area contributed by atoms with E-state index in [9.17, 15) is 4.79 Å². The molecular weight excluding hydrogens is 230 g/mol.